The molecule has 0 saturated carbocycles. The standard InChI is InChI=1S/C13H17NO5/c1-8(15)14-10(13(16)17)6-9-4-5-11(18-2)12(7-9)19-3/h4-5,7,10H,6H2,1-3H3,(H,14,15)(H,16,17)/p-1/t10-/m1/s1. The summed E-state index contributed by atoms with van der Waals surface area (Å²) in [6.45, 7) is 1.25. The Morgan fingerprint density at radius 3 is 2.37 bits per heavy atom. The van der Waals surface area contributed by atoms with Crippen molar-refractivity contribution in [3.63, 3.8) is 0 Å². The summed E-state index contributed by atoms with van der Waals surface area (Å²) < 4.78 is 10.2. The molecule has 0 bridgehead atoms. The van der Waals surface area contributed by atoms with E-state index in [4.69, 9.17) is 9.47 Å². The van der Waals surface area contributed by atoms with Crippen molar-refractivity contribution in [3.05, 3.63) is 23.8 Å². The van der Waals surface area contributed by atoms with Crippen molar-refractivity contribution in [2.24, 2.45) is 0 Å². The van der Waals surface area contributed by atoms with E-state index >= 15 is 0 Å². The van der Waals surface area contributed by atoms with E-state index in [0.29, 0.717) is 17.1 Å². The summed E-state index contributed by atoms with van der Waals surface area (Å²) >= 11 is 0. The maximum Gasteiger partial charge on any atom is 0.217 e. The van der Waals surface area contributed by atoms with Crippen LogP contribution in [0.5, 0.6) is 11.5 Å². The summed E-state index contributed by atoms with van der Waals surface area (Å²) in [6, 6.07) is 3.97. The van der Waals surface area contributed by atoms with Crippen molar-refractivity contribution in [2.45, 2.75) is 19.4 Å². The lowest BCUT2D eigenvalue weighted by molar-refractivity contribution is -0.308. The van der Waals surface area contributed by atoms with Crippen molar-refractivity contribution < 1.29 is 24.2 Å². The third kappa shape index (κ3) is 4.17. The van der Waals surface area contributed by atoms with Gasteiger partial charge in [0, 0.05) is 6.92 Å². The molecule has 0 radical (unpaired) electrons. The fourth-order valence-corrected chi connectivity index (χ4v) is 1.68. The lowest BCUT2D eigenvalue weighted by Crippen LogP contribution is -2.48. The molecule has 0 heterocycles. The highest BCUT2D eigenvalue weighted by atomic mass is 16.5. The minimum absolute atomic E-state index is 0.113. The van der Waals surface area contributed by atoms with Crippen molar-refractivity contribution in [2.75, 3.05) is 14.2 Å². The van der Waals surface area contributed by atoms with Gasteiger partial charge in [-0.25, -0.2) is 0 Å². The van der Waals surface area contributed by atoms with Gasteiger partial charge in [-0.1, -0.05) is 6.07 Å². The Bertz CT molecular complexity index is 472. The molecule has 6 heteroatoms. The highest BCUT2D eigenvalue weighted by Crippen LogP contribution is 2.27. The Balaban J connectivity index is 2.90. The molecule has 0 aromatic heterocycles. The molecular weight excluding hydrogens is 250 g/mol. The van der Waals surface area contributed by atoms with E-state index in [-0.39, 0.29) is 6.42 Å². The smallest absolute Gasteiger partial charge is 0.217 e. The highest BCUT2D eigenvalue weighted by Gasteiger charge is 2.13. The molecule has 1 amide bonds. The van der Waals surface area contributed by atoms with Crippen LogP contribution in [0.25, 0.3) is 0 Å². The molecule has 0 aliphatic rings. The van der Waals surface area contributed by atoms with Crippen LogP contribution in [0.3, 0.4) is 0 Å². The molecule has 0 fully saturated rings. The Morgan fingerprint density at radius 1 is 1.26 bits per heavy atom. The van der Waals surface area contributed by atoms with E-state index in [0.717, 1.165) is 0 Å². The minimum atomic E-state index is -1.33. The van der Waals surface area contributed by atoms with Crippen molar-refractivity contribution in [1.82, 2.24) is 5.32 Å². The van der Waals surface area contributed by atoms with Crippen LogP contribution in [0, 0.1) is 0 Å². The number of benzene rings is 1. The van der Waals surface area contributed by atoms with Gasteiger partial charge in [0.1, 0.15) is 0 Å². The van der Waals surface area contributed by atoms with Gasteiger partial charge in [-0.2, -0.15) is 0 Å². The molecule has 104 valence electrons. The number of carbonyl (C=O) groups is 2. The monoisotopic (exact) mass is 266 g/mol. The number of aliphatic carboxylic acids is 1. The van der Waals surface area contributed by atoms with Gasteiger partial charge in [-0.05, 0) is 24.1 Å². The van der Waals surface area contributed by atoms with Crippen LogP contribution in [0.4, 0.5) is 0 Å². The number of methoxy groups -OCH3 is 2. The van der Waals surface area contributed by atoms with Crippen LogP contribution in [0.1, 0.15) is 12.5 Å². The fraction of sp³-hybridized carbons (Fsp3) is 0.385. The maximum atomic E-state index is 10.9. The van der Waals surface area contributed by atoms with Crippen LogP contribution in [-0.2, 0) is 16.0 Å². The number of hydrogen-bond acceptors (Lipinski definition) is 5. The maximum absolute atomic E-state index is 10.9. The number of carboxylic acids is 1. The molecular formula is C13H16NO5-. The zero-order chi connectivity index (χ0) is 14.4. The summed E-state index contributed by atoms with van der Waals surface area (Å²) in [7, 11) is 3.00. The molecule has 0 spiro atoms. The van der Waals surface area contributed by atoms with E-state index in [1.165, 1.54) is 21.1 Å². The first-order valence-corrected chi connectivity index (χ1v) is 5.66. The molecule has 0 unspecified atom stereocenters. The number of hydrogen-bond donors (Lipinski definition) is 1. The third-order valence-corrected chi connectivity index (χ3v) is 2.55. The van der Waals surface area contributed by atoms with E-state index < -0.39 is 17.9 Å². The van der Waals surface area contributed by atoms with Crippen molar-refractivity contribution in [1.29, 1.82) is 0 Å². The summed E-state index contributed by atoms with van der Waals surface area (Å²) in [4.78, 5) is 21.9. The van der Waals surface area contributed by atoms with Gasteiger partial charge in [0.15, 0.2) is 11.5 Å². The predicted octanol–water partition coefficient (Wildman–Crippen LogP) is -0.499. The first-order valence-electron chi connectivity index (χ1n) is 5.66. The lowest BCUT2D eigenvalue weighted by Gasteiger charge is -2.19. The molecule has 1 N–H and O–H groups in total. The second kappa shape index (κ2) is 6.63. The van der Waals surface area contributed by atoms with Crippen LogP contribution < -0.4 is 19.9 Å². The SMILES string of the molecule is COc1ccc(C[C@@H](NC(C)=O)C(=O)[O-])cc1OC. The Kier molecular flexibility index (Phi) is 5.17. The van der Waals surface area contributed by atoms with Crippen LogP contribution in [0.15, 0.2) is 18.2 Å². The lowest BCUT2D eigenvalue weighted by atomic mass is 10.1. The summed E-state index contributed by atoms with van der Waals surface area (Å²) in [5.41, 5.74) is 0.695. The van der Waals surface area contributed by atoms with Gasteiger partial charge in [-0.15, -0.1) is 0 Å². The first-order chi connectivity index (χ1) is 8.97. The van der Waals surface area contributed by atoms with Crippen LogP contribution in [-0.4, -0.2) is 32.1 Å². The molecule has 1 atom stereocenters. The van der Waals surface area contributed by atoms with E-state index in [2.05, 4.69) is 5.32 Å². The normalized spacial score (nSPS) is 11.5. The highest BCUT2D eigenvalue weighted by molar-refractivity contribution is 5.81. The fourth-order valence-electron chi connectivity index (χ4n) is 1.68. The molecule has 1 rings (SSSR count). The van der Waals surface area contributed by atoms with Crippen LogP contribution in [0.2, 0.25) is 0 Å². The summed E-state index contributed by atoms with van der Waals surface area (Å²) in [6.07, 6.45) is 0.113. The Hall–Kier alpha value is -2.24. The average molecular weight is 266 g/mol. The predicted molar refractivity (Wildman–Crippen MR) is 65.9 cm³/mol. The number of nitrogens with one attached hydrogen (secondary N) is 1. The largest absolute Gasteiger partial charge is 0.548 e. The first kappa shape index (κ1) is 14.8. The Labute approximate surface area is 111 Å². The van der Waals surface area contributed by atoms with Gasteiger partial charge in [0.2, 0.25) is 5.91 Å². The Morgan fingerprint density at radius 2 is 1.89 bits per heavy atom. The van der Waals surface area contributed by atoms with Gasteiger partial charge < -0.3 is 24.7 Å². The number of amides is 1. The quantitative estimate of drug-likeness (QED) is 0.750. The molecule has 0 aliphatic heterocycles. The average Bonchev–Trinajstić information content (AvgIpc) is 2.37. The number of carboxylic acid groups (broad SMARTS) is 1. The van der Waals surface area contributed by atoms with Crippen molar-refractivity contribution >= 4 is 11.9 Å². The summed E-state index contributed by atoms with van der Waals surface area (Å²) in [5, 5.41) is 13.3. The van der Waals surface area contributed by atoms with E-state index in [1.54, 1.807) is 18.2 Å². The zero-order valence-corrected chi connectivity index (χ0v) is 11.1. The topological polar surface area (TPSA) is 87.7 Å². The molecule has 19 heavy (non-hydrogen) atoms. The van der Waals surface area contributed by atoms with E-state index in [9.17, 15) is 14.7 Å². The molecule has 1 aromatic rings. The molecule has 0 saturated heterocycles. The number of rotatable bonds is 6. The minimum Gasteiger partial charge on any atom is -0.548 e. The molecule has 1 aromatic carbocycles. The third-order valence-electron chi connectivity index (χ3n) is 2.55. The number of carbonyl (C=O) groups excluding carboxylic acids is 2. The summed E-state index contributed by atoms with van der Waals surface area (Å²) in [5.74, 6) is -0.699. The molecule has 0 aliphatic carbocycles. The van der Waals surface area contributed by atoms with Crippen LogP contribution >= 0.6 is 0 Å². The van der Waals surface area contributed by atoms with Gasteiger partial charge >= 0.3 is 0 Å². The van der Waals surface area contributed by atoms with Gasteiger partial charge in [0.25, 0.3) is 0 Å². The number of ether oxygens (including phenoxy) is 2. The second-order valence-electron chi connectivity index (χ2n) is 3.97. The van der Waals surface area contributed by atoms with Gasteiger partial charge in [0.05, 0.1) is 26.2 Å². The van der Waals surface area contributed by atoms with Gasteiger partial charge in [-0.3, -0.25) is 4.79 Å². The zero-order valence-electron chi connectivity index (χ0n) is 11.1. The van der Waals surface area contributed by atoms with Crippen molar-refractivity contribution in [3.8, 4) is 11.5 Å². The van der Waals surface area contributed by atoms with E-state index in [1.807, 2.05) is 0 Å². The molecule has 6 nitrogen and oxygen atoms in total. The second-order valence-corrected chi connectivity index (χ2v) is 3.97.